The Morgan fingerprint density at radius 2 is 1.75 bits per heavy atom. The number of amides is 1. The third-order valence-electron chi connectivity index (χ3n) is 4.52. The molecule has 0 heterocycles. The fraction of sp³-hybridized carbons (Fsp3) is 0.381. The Morgan fingerprint density at radius 3 is 2.29 bits per heavy atom. The average molecular weight is 408 g/mol. The summed E-state index contributed by atoms with van der Waals surface area (Å²) >= 11 is 0. The molecule has 7 heteroatoms. The fourth-order valence-electron chi connectivity index (χ4n) is 2.51. The zero-order valence-corrected chi connectivity index (χ0v) is 17.4. The molecule has 0 bridgehead atoms. The summed E-state index contributed by atoms with van der Waals surface area (Å²) in [6, 6.07) is 12.2. The normalized spacial score (nSPS) is 12.6. The third-order valence-corrected chi connectivity index (χ3v) is 6.10. The lowest BCUT2D eigenvalue weighted by Gasteiger charge is -2.29. The van der Waals surface area contributed by atoms with Gasteiger partial charge in [-0.2, -0.15) is 8.42 Å². The number of halogens is 1. The van der Waals surface area contributed by atoms with Crippen LogP contribution in [-0.2, 0) is 16.7 Å². The van der Waals surface area contributed by atoms with Gasteiger partial charge in [0.2, 0.25) is 0 Å². The Bertz CT molecular complexity index is 910. The molecule has 0 aromatic heterocycles. The van der Waals surface area contributed by atoms with E-state index in [1.54, 1.807) is 49.1 Å². The number of carbonyl (C=O) groups is 1. The molecule has 0 unspecified atom stereocenters. The minimum absolute atomic E-state index is 0.0481. The van der Waals surface area contributed by atoms with Gasteiger partial charge in [0.25, 0.3) is 5.91 Å². The zero-order valence-electron chi connectivity index (χ0n) is 16.6. The van der Waals surface area contributed by atoms with Gasteiger partial charge in [-0.15, -0.1) is 0 Å². The largest absolute Gasteiger partial charge is 0.382 e. The molecule has 5 nitrogen and oxygen atoms in total. The van der Waals surface area contributed by atoms with E-state index in [-0.39, 0.29) is 17.7 Å². The molecular formula is C21H26FNO4S. The molecule has 0 aliphatic rings. The molecule has 0 spiro atoms. The lowest BCUT2D eigenvalue weighted by Crippen LogP contribution is -2.37. The summed E-state index contributed by atoms with van der Waals surface area (Å²) in [5, 5.41) is -0.642. The molecule has 2 aromatic carbocycles. The summed E-state index contributed by atoms with van der Waals surface area (Å²) in [6.45, 7) is 7.33. The molecule has 0 aliphatic carbocycles. The van der Waals surface area contributed by atoms with E-state index in [1.165, 1.54) is 18.2 Å². The van der Waals surface area contributed by atoms with Crippen LogP contribution in [0.4, 0.5) is 4.39 Å². The van der Waals surface area contributed by atoms with Crippen LogP contribution in [0.15, 0.2) is 48.5 Å². The van der Waals surface area contributed by atoms with Crippen molar-refractivity contribution >= 4 is 16.0 Å². The minimum atomic E-state index is -3.66. The van der Waals surface area contributed by atoms with E-state index in [9.17, 15) is 17.6 Å². The highest BCUT2D eigenvalue weighted by molar-refractivity contribution is 7.87. The predicted molar refractivity (Wildman–Crippen MR) is 107 cm³/mol. The van der Waals surface area contributed by atoms with Gasteiger partial charge in [-0.05, 0) is 63.1 Å². The van der Waals surface area contributed by atoms with Crippen LogP contribution in [-0.4, -0.2) is 30.5 Å². The van der Waals surface area contributed by atoms with Crippen molar-refractivity contribution in [3.8, 4) is 5.75 Å². The maximum atomic E-state index is 13.5. The van der Waals surface area contributed by atoms with Gasteiger partial charge < -0.3 is 9.08 Å². The molecule has 0 saturated heterocycles. The maximum Gasteiger partial charge on any atom is 0.311 e. The molecular weight excluding hydrogens is 381 g/mol. The maximum absolute atomic E-state index is 13.5. The van der Waals surface area contributed by atoms with Gasteiger partial charge in [0.1, 0.15) is 11.6 Å². The van der Waals surface area contributed by atoms with E-state index in [1.807, 2.05) is 13.8 Å². The van der Waals surface area contributed by atoms with Gasteiger partial charge in [-0.25, -0.2) is 4.39 Å². The second-order valence-electron chi connectivity index (χ2n) is 6.97. The van der Waals surface area contributed by atoms with E-state index >= 15 is 0 Å². The van der Waals surface area contributed by atoms with Crippen molar-refractivity contribution in [3.05, 3.63) is 65.5 Å². The van der Waals surface area contributed by atoms with Crippen molar-refractivity contribution in [2.24, 2.45) is 0 Å². The molecule has 0 fully saturated rings. The van der Waals surface area contributed by atoms with Crippen LogP contribution < -0.4 is 4.18 Å². The first-order chi connectivity index (χ1) is 13.1. The second kappa shape index (κ2) is 9.19. The van der Waals surface area contributed by atoms with Gasteiger partial charge in [0.05, 0.1) is 5.25 Å². The number of nitrogens with zero attached hydrogens (tertiary/aromatic N) is 1. The van der Waals surface area contributed by atoms with Gasteiger partial charge in [-0.3, -0.25) is 4.79 Å². The van der Waals surface area contributed by atoms with Crippen LogP contribution >= 0.6 is 0 Å². The van der Waals surface area contributed by atoms with Gasteiger partial charge >= 0.3 is 10.1 Å². The summed E-state index contributed by atoms with van der Waals surface area (Å²) in [6.07, 6.45) is 0.745. The topological polar surface area (TPSA) is 63.7 Å². The molecule has 152 valence electrons. The van der Waals surface area contributed by atoms with E-state index in [2.05, 4.69) is 0 Å². The van der Waals surface area contributed by atoms with Crippen molar-refractivity contribution in [1.82, 2.24) is 4.90 Å². The average Bonchev–Trinajstić information content (AvgIpc) is 2.66. The van der Waals surface area contributed by atoms with Crippen molar-refractivity contribution in [2.75, 3.05) is 0 Å². The van der Waals surface area contributed by atoms with Crippen molar-refractivity contribution in [2.45, 2.75) is 52.0 Å². The van der Waals surface area contributed by atoms with E-state index < -0.39 is 21.2 Å². The molecule has 1 amide bonds. The first-order valence-corrected chi connectivity index (χ1v) is 10.7. The predicted octanol–water partition coefficient (Wildman–Crippen LogP) is 4.38. The van der Waals surface area contributed by atoms with Crippen LogP contribution in [0.5, 0.6) is 5.75 Å². The molecule has 1 atom stereocenters. The first kappa shape index (κ1) is 21.9. The summed E-state index contributed by atoms with van der Waals surface area (Å²) in [7, 11) is -3.66. The highest BCUT2D eigenvalue weighted by atomic mass is 32.2. The number of rotatable bonds is 8. The molecule has 0 aliphatic heterocycles. The van der Waals surface area contributed by atoms with Gasteiger partial charge in [-0.1, -0.05) is 25.1 Å². The van der Waals surface area contributed by atoms with Crippen molar-refractivity contribution in [3.63, 3.8) is 0 Å². The quantitative estimate of drug-likeness (QED) is 0.609. The zero-order chi connectivity index (χ0) is 20.9. The van der Waals surface area contributed by atoms with Crippen molar-refractivity contribution < 1.29 is 21.8 Å². The fourth-order valence-corrected chi connectivity index (χ4v) is 3.08. The van der Waals surface area contributed by atoms with E-state index in [0.717, 1.165) is 12.0 Å². The second-order valence-corrected chi connectivity index (χ2v) is 9.06. The summed E-state index contributed by atoms with van der Waals surface area (Å²) in [4.78, 5) is 14.6. The first-order valence-electron chi connectivity index (χ1n) is 9.22. The van der Waals surface area contributed by atoms with Crippen LogP contribution in [0.2, 0.25) is 0 Å². The monoisotopic (exact) mass is 407 g/mol. The Kier molecular flexibility index (Phi) is 7.18. The van der Waals surface area contributed by atoms with E-state index in [4.69, 9.17) is 4.18 Å². The minimum Gasteiger partial charge on any atom is -0.382 e. The number of hydrogen-bond donors (Lipinski definition) is 0. The molecule has 0 saturated carbocycles. The van der Waals surface area contributed by atoms with E-state index in [0.29, 0.717) is 12.1 Å². The molecule has 0 N–H and O–H groups in total. The third kappa shape index (κ3) is 5.55. The summed E-state index contributed by atoms with van der Waals surface area (Å²) < 4.78 is 42.3. The Balaban J connectivity index is 2.20. The highest BCUT2D eigenvalue weighted by Crippen LogP contribution is 2.20. The van der Waals surface area contributed by atoms with Crippen LogP contribution in [0.25, 0.3) is 0 Å². The molecule has 2 rings (SSSR count). The van der Waals surface area contributed by atoms with Gasteiger partial charge in [0.15, 0.2) is 0 Å². The highest BCUT2D eigenvalue weighted by Gasteiger charge is 2.22. The smallest absolute Gasteiger partial charge is 0.311 e. The van der Waals surface area contributed by atoms with Gasteiger partial charge in [0, 0.05) is 18.2 Å². The summed E-state index contributed by atoms with van der Waals surface area (Å²) in [5.74, 6) is -0.483. The Labute approximate surface area is 166 Å². The molecule has 0 radical (unpaired) electrons. The number of carbonyl (C=O) groups excluding carboxylic acids is 1. The lowest BCUT2D eigenvalue weighted by atomic mass is 10.1. The summed E-state index contributed by atoms with van der Waals surface area (Å²) in [5.41, 5.74) is 1.11. The lowest BCUT2D eigenvalue weighted by molar-refractivity contribution is 0.0671. The van der Waals surface area contributed by atoms with Crippen LogP contribution in [0, 0.1) is 5.82 Å². The van der Waals surface area contributed by atoms with Crippen LogP contribution in [0.3, 0.4) is 0 Å². The van der Waals surface area contributed by atoms with Crippen molar-refractivity contribution in [1.29, 1.82) is 0 Å². The molecule has 28 heavy (non-hydrogen) atoms. The number of benzene rings is 2. The Hall–Kier alpha value is -2.41. The molecule has 2 aromatic rings. The number of hydrogen-bond acceptors (Lipinski definition) is 4. The van der Waals surface area contributed by atoms with Crippen LogP contribution in [0.1, 0.15) is 50.0 Å². The Morgan fingerprint density at radius 1 is 1.11 bits per heavy atom. The standard InChI is InChI=1S/C21H26FNO4S/c1-5-16(4)23(21(24)18-7-6-8-19(22)13-18)14-17-9-11-20(12-10-17)27-28(25,26)15(2)3/h6-13,15-16H,5,14H2,1-4H3/t16-/m1/s1. The SMILES string of the molecule is CC[C@@H](C)N(Cc1ccc(OS(=O)(=O)C(C)C)cc1)C(=O)c1cccc(F)c1.